The Hall–Kier alpha value is -3.86. The minimum Gasteiger partial charge on any atom is -0.381 e. The quantitative estimate of drug-likeness (QED) is 0.586. The van der Waals surface area contributed by atoms with Crippen molar-refractivity contribution in [2.75, 3.05) is 10.6 Å². The fraction of sp³-hybridized carbons (Fsp3) is 0.154. The second kappa shape index (κ2) is 9.30. The first-order valence-electron chi connectivity index (χ1n) is 10.3. The SMILES string of the molecule is CC(=O)N1C=Cc2ccccc2[C@@H]1CC(=O)Nc1ccc(CNc2ccccc2)cc1. The van der Waals surface area contributed by atoms with Crippen LogP contribution in [-0.4, -0.2) is 16.7 Å². The number of nitrogens with one attached hydrogen (secondary N) is 2. The lowest BCUT2D eigenvalue weighted by atomic mass is 9.93. The molecule has 1 atom stereocenters. The Morgan fingerprint density at radius 3 is 2.32 bits per heavy atom. The fourth-order valence-electron chi connectivity index (χ4n) is 3.77. The van der Waals surface area contributed by atoms with E-state index in [1.165, 1.54) is 6.92 Å². The van der Waals surface area contributed by atoms with Crippen molar-refractivity contribution in [1.29, 1.82) is 0 Å². The molecule has 2 N–H and O–H groups in total. The van der Waals surface area contributed by atoms with E-state index in [4.69, 9.17) is 0 Å². The highest BCUT2D eigenvalue weighted by atomic mass is 16.2. The van der Waals surface area contributed by atoms with Crippen molar-refractivity contribution in [3.63, 3.8) is 0 Å². The van der Waals surface area contributed by atoms with Crippen LogP contribution in [-0.2, 0) is 16.1 Å². The Morgan fingerprint density at radius 2 is 1.58 bits per heavy atom. The molecule has 0 fully saturated rings. The Balaban J connectivity index is 1.39. The summed E-state index contributed by atoms with van der Waals surface area (Å²) in [7, 11) is 0. The number of hydrogen-bond donors (Lipinski definition) is 2. The molecule has 3 aromatic rings. The van der Waals surface area contributed by atoms with Crippen LogP contribution in [0, 0.1) is 0 Å². The molecule has 0 aromatic heterocycles. The third-order valence-electron chi connectivity index (χ3n) is 5.36. The van der Waals surface area contributed by atoms with Crippen molar-refractivity contribution in [3.8, 4) is 0 Å². The molecule has 0 unspecified atom stereocenters. The highest BCUT2D eigenvalue weighted by Crippen LogP contribution is 2.33. The summed E-state index contributed by atoms with van der Waals surface area (Å²) in [6.45, 7) is 2.22. The number of anilines is 2. The number of carbonyl (C=O) groups is 2. The fourth-order valence-corrected chi connectivity index (χ4v) is 3.77. The van der Waals surface area contributed by atoms with E-state index in [1.807, 2.05) is 84.9 Å². The van der Waals surface area contributed by atoms with E-state index < -0.39 is 0 Å². The maximum absolute atomic E-state index is 12.8. The Morgan fingerprint density at radius 1 is 0.871 bits per heavy atom. The molecule has 2 amide bonds. The molecule has 5 heteroatoms. The number of rotatable bonds is 6. The standard InChI is InChI=1S/C26H25N3O2/c1-19(30)29-16-15-21-7-5-6-10-24(21)25(29)17-26(31)28-23-13-11-20(12-14-23)18-27-22-8-3-2-4-9-22/h2-16,25,27H,17-18H2,1H3,(H,28,31)/t25-/m0/s1. The van der Waals surface area contributed by atoms with E-state index in [0.717, 1.165) is 28.1 Å². The van der Waals surface area contributed by atoms with Gasteiger partial charge in [0.15, 0.2) is 0 Å². The molecule has 1 aliphatic heterocycles. The van der Waals surface area contributed by atoms with E-state index >= 15 is 0 Å². The minimum absolute atomic E-state index is 0.0844. The van der Waals surface area contributed by atoms with Gasteiger partial charge < -0.3 is 15.5 Å². The van der Waals surface area contributed by atoms with Crippen molar-refractivity contribution in [2.24, 2.45) is 0 Å². The number of benzene rings is 3. The summed E-state index contributed by atoms with van der Waals surface area (Å²) >= 11 is 0. The van der Waals surface area contributed by atoms with Crippen LogP contribution in [0.1, 0.15) is 36.1 Å². The summed E-state index contributed by atoms with van der Waals surface area (Å²) < 4.78 is 0. The maximum atomic E-state index is 12.8. The summed E-state index contributed by atoms with van der Waals surface area (Å²) in [6, 6.07) is 25.4. The zero-order valence-electron chi connectivity index (χ0n) is 17.4. The molecule has 1 heterocycles. The van der Waals surface area contributed by atoms with Gasteiger partial charge in [0.2, 0.25) is 11.8 Å². The third kappa shape index (κ3) is 5.01. The highest BCUT2D eigenvalue weighted by Gasteiger charge is 2.28. The van der Waals surface area contributed by atoms with Gasteiger partial charge in [-0.05, 0) is 47.0 Å². The predicted octanol–water partition coefficient (Wildman–Crippen LogP) is 5.20. The molecule has 156 valence electrons. The zero-order chi connectivity index (χ0) is 21.6. The molecule has 4 rings (SSSR count). The Kier molecular flexibility index (Phi) is 6.13. The minimum atomic E-state index is -0.312. The molecule has 0 aliphatic carbocycles. The van der Waals surface area contributed by atoms with Gasteiger partial charge in [-0.3, -0.25) is 9.59 Å². The zero-order valence-corrected chi connectivity index (χ0v) is 17.4. The lowest BCUT2D eigenvalue weighted by Crippen LogP contribution is -2.33. The van der Waals surface area contributed by atoms with Gasteiger partial charge in [-0.2, -0.15) is 0 Å². The molecule has 0 saturated heterocycles. The summed E-state index contributed by atoms with van der Waals surface area (Å²) in [5.74, 6) is -0.213. The monoisotopic (exact) mass is 411 g/mol. The summed E-state index contributed by atoms with van der Waals surface area (Å²) in [4.78, 5) is 26.5. The summed E-state index contributed by atoms with van der Waals surface area (Å²) in [6.07, 6.45) is 3.86. The van der Waals surface area contributed by atoms with Gasteiger partial charge in [0, 0.05) is 31.0 Å². The van der Waals surface area contributed by atoms with Gasteiger partial charge in [0.05, 0.1) is 12.5 Å². The van der Waals surface area contributed by atoms with Crippen molar-refractivity contribution in [3.05, 3.63) is 102 Å². The van der Waals surface area contributed by atoms with E-state index in [1.54, 1.807) is 11.1 Å². The van der Waals surface area contributed by atoms with Crippen LogP contribution in [0.5, 0.6) is 0 Å². The molecule has 1 aliphatic rings. The number of para-hydroxylation sites is 1. The van der Waals surface area contributed by atoms with Crippen LogP contribution in [0.2, 0.25) is 0 Å². The predicted molar refractivity (Wildman–Crippen MR) is 124 cm³/mol. The van der Waals surface area contributed by atoms with Gasteiger partial charge in [-0.1, -0.05) is 54.6 Å². The smallest absolute Gasteiger partial charge is 0.226 e. The van der Waals surface area contributed by atoms with Crippen molar-refractivity contribution < 1.29 is 9.59 Å². The molecule has 0 radical (unpaired) electrons. The topological polar surface area (TPSA) is 61.4 Å². The molecule has 5 nitrogen and oxygen atoms in total. The molecule has 3 aromatic carbocycles. The molecular weight excluding hydrogens is 386 g/mol. The molecule has 0 bridgehead atoms. The van der Waals surface area contributed by atoms with Gasteiger partial charge in [0.25, 0.3) is 0 Å². The molecular formula is C26H25N3O2. The maximum Gasteiger partial charge on any atom is 0.226 e. The van der Waals surface area contributed by atoms with Crippen LogP contribution in [0.15, 0.2) is 85.1 Å². The van der Waals surface area contributed by atoms with Crippen molar-refractivity contribution in [2.45, 2.75) is 25.9 Å². The largest absolute Gasteiger partial charge is 0.381 e. The van der Waals surface area contributed by atoms with Gasteiger partial charge in [-0.15, -0.1) is 0 Å². The molecule has 0 saturated carbocycles. The molecule has 31 heavy (non-hydrogen) atoms. The average Bonchev–Trinajstić information content (AvgIpc) is 2.79. The Bertz CT molecular complexity index is 1090. The number of carbonyl (C=O) groups excluding carboxylic acids is 2. The van der Waals surface area contributed by atoms with Gasteiger partial charge >= 0.3 is 0 Å². The Labute approximate surface area is 182 Å². The lowest BCUT2D eigenvalue weighted by molar-refractivity contribution is -0.129. The van der Waals surface area contributed by atoms with Crippen LogP contribution in [0.3, 0.4) is 0 Å². The van der Waals surface area contributed by atoms with Crippen LogP contribution in [0.25, 0.3) is 6.08 Å². The van der Waals surface area contributed by atoms with Gasteiger partial charge in [-0.25, -0.2) is 0 Å². The number of amides is 2. The highest BCUT2D eigenvalue weighted by molar-refractivity contribution is 5.92. The van der Waals surface area contributed by atoms with Crippen LogP contribution >= 0.6 is 0 Å². The van der Waals surface area contributed by atoms with E-state index in [9.17, 15) is 9.59 Å². The summed E-state index contributed by atoms with van der Waals surface area (Å²) in [5, 5.41) is 6.33. The van der Waals surface area contributed by atoms with Gasteiger partial charge in [0.1, 0.15) is 0 Å². The number of hydrogen-bond acceptors (Lipinski definition) is 3. The van der Waals surface area contributed by atoms with E-state index in [0.29, 0.717) is 6.54 Å². The second-order valence-corrected chi connectivity index (χ2v) is 7.56. The van der Waals surface area contributed by atoms with Crippen LogP contribution < -0.4 is 10.6 Å². The summed E-state index contributed by atoms with van der Waals surface area (Å²) in [5.41, 5.74) is 4.95. The van der Waals surface area contributed by atoms with Crippen molar-refractivity contribution in [1.82, 2.24) is 4.90 Å². The lowest BCUT2D eigenvalue weighted by Gasteiger charge is -2.32. The van der Waals surface area contributed by atoms with E-state index in [2.05, 4.69) is 10.6 Å². The van der Waals surface area contributed by atoms with Crippen molar-refractivity contribution >= 4 is 29.3 Å². The average molecular weight is 412 g/mol. The van der Waals surface area contributed by atoms with Crippen LogP contribution in [0.4, 0.5) is 11.4 Å². The first-order chi connectivity index (χ1) is 15.1. The van der Waals surface area contributed by atoms with E-state index in [-0.39, 0.29) is 24.3 Å². The number of fused-ring (bicyclic) bond motifs is 1. The third-order valence-corrected chi connectivity index (χ3v) is 5.36. The number of nitrogens with zero attached hydrogens (tertiary/aromatic N) is 1. The molecule has 0 spiro atoms. The first kappa shape index (κ1) is 20.4. The second-order valence-electron chi connectivity index (χ2n) is 7.56. The normalized spacial score (nSPS) is 14.6. The first-order valence-corrected chi connectivity index (χ1v) is 10.3.